The van der Waals surface area contributed by atoms with Gasteiger partial charge >= 0.3 is 5.97 Å². The van der Waals surface area contributed by atoms with Gasteiger partial charge in [0.1, 0.15) is 17.0 Å². The fourth-order valence-electron chi connectivity index (χ4n) is 2.89. The highest BCUT2D eigenvalue weighted by molar-refractivity contribution is 7.18. The highest BCUT2D eigenvalue weighted by Crippen LogP contribution is 2.28. The molecule has 138 valence electrons. The number of rotatable bonds is 13. The monoisotopic (exact) mass is 363 g/mol. The lowest BCUT2D eigenvalue weighted by Gasteiger charge is -2.06. The molecule has 2 aromatic rings. The average Bonchev–Trinajstić information content (AvgIpc) is 3.03. The van der Waals surface area contributed by atoms with Crippen molar-refractivity contribution in [2.45, 2.75) is 71.1 Å². The van der Waals surface area contributed by atoms with Crippen LogP contribution in [0.5, 0.6) is 0 Å². The van der Waals surface area contributed by atoms with Crippen LogP contribution in [0, 0.1) is 0 Å². The van der Waals surface area contributed by atoms with Gasteiger partial charge in [0.2, 0.25) is 0 Å². The van der Waals surface area contributed by atoms with Crippen LogP contribution in [-0.4, -0.2) is 27.6 Å². The molecule has 5 nitrogen and oxygen atoms in total. The van der Waals surface area contributed by atoms with Gasteiger partial charge in [-0.2, -0.15) is 0 Å². The van der Waals surface area contributed by atoms with E-state index in [9.17, 15) is 4.79 Å². The highest BCUT2D eigenvalue weighted by Gasteiger charge is 2.07. The quantitative estimate of drug-likeness (QED) is 0.475. The van der Waals surface area contributed by atoms with E-state index in [0.717, 1.165) is 54.7 Å². The van der Waals surface area contributed by atoms with Crippen LogP contribution in [0.1, 0.15) is 69.6 Å². The first-order valence-corrected chi connectivity index (χ1v) is 10.2. The molecule has 25 heavy (non-hydrogen) atoms. The van der Waals surface area contributed by atoms with Crippen molar-refractivity contribution in [2.24, 2.45) is 0 Å². The standard InChI is InChI=1S/C19H29N3O2S/c1-2-15-13-16-18(21-14-22-19(16)25-15)20-12-10-8-6-4-3-5-7-9-11-17(23)24/h13-14H,2-12H2,1H3,(H,23,24)(H,20,21,22). The van der Waals surface area contributed by atoms with Gasteiger partial charge in [0.15, 0.2) is 0 Å². The first kappa shape index (κ1) is 19.6. The molecule has 0 radical (unpaired) electrons. The molecule has 0 spiro atoms. The first-order valence-electron chi connectivity index (χ1n) is 9.39. The van der Waals surface area contributed by atoms with Crippen LogP contribution in [0.4, 0.5) is 5.82 Å². The van der Waals surface area contributed by atoms with E-state index in [1.807, 2.05) is 0 Å². The summed E-state index contributed by atoms with van der Waals surface area (Å²) >= 11 is 1.75. The molecule has 0 unspecified atom stereocenters. The number of thiophene rings is 1. The molecule has 0 fully saturated rings. The number of aryl methyl sites for hydroxylation is 1. The highest BCUT2D eigenvalue weighted by atomic mass is 32.1. The minimum Gasteiger partial charge on any atom is -0.481 e. The minimum atomic E-state index is -0.679. The van der Waals surface area contributed by atoms with E-state index < -0.39 is 5.97 Å². The van der Waals surface area contributed by atoms with Gasteiger partial charge in [-0.3, -0.25) is 4.79 Å². The van der Waals surface area contributed by atoms with E-state index in [1.54, 1.807) is 17.7 Å². The Morgan fingerprint density at radius 3 is 2.44 bits per heavy atom. The molecule has 0 saturated heterocycles. The number of carbonyl (C=O) groups is 1. The molecule has 0 atom stereocenters. The van der Waals surface area contributed by atoms with Gasteiger partial charge in [0, 0.05) is 17.8 Å². The lowest BCUT2D eigenvalue weighted by atomic mass is 10.1. The van der Waals surface area contributed by atoms with Gasteiger partial charge in [-0.25, -0.2) is 9.97 Å². The fraction of sp³-hybridized carbons (Fsp3) is 0.632. The molecule has 0 amide bonds. The molecule has 0 saturated carbocycles. The molecule has 2 heterocycles. The molecule has 0 aliphatic carbocycles. The number of anilines is 1. The normalized spacial score (nSPS) is 11.1. The third-order valence-corrected chi connectivity index (χ3v) is 5.53. The Hall–Kier alpha value is -1.69. The van der Waals surface area contributed by atoms with Crippen molar-refractivity contribution in [3.63, 3.8) is 0 Å². The number of aromatic nitrogens is 2. The van der Waals surface area contributed by atoms with Crippen LogP contribution >= 0.6 is 11.3 Å². The molecule has 0 bridgehead atoms. The number of nitrogens with one attached hydrogen (secondary N) is 1. The number of hydrogen-bond donors (Lipinski definition) is 2. The molecule has 0 aliphatic rings. The summed E-state index contributed by atoms with van der Waals surface area (Å²) in [5.41, 5.74) is 0. The fourth-order valence-corrected chi connectivity index (χ4v) is 3.82. The Balaban J connectivity index is 1.55. The van der Waals surface area contributed by atoms with Crippen molar-refractivity contribution < 1.29 is 9.90 Å². The summed E-state index contributed by atoms with van der Waals surface area (Å²) in [6.07, 6.45) is 12.1. The van der Waals surface area contributed by atoms with E-state index in [1.165, 1.54) is 30.6 Å². The van der Waals surface area contributed by atoms with Crippen molar-refractivity contribution >= 4 is 33.3 Å². The topological polar surface area (TPSA) is 75.1 Å². The number of unbranched alkanes of at least 4 members (excludes halogenated alkanes) is 7. The molecular weight excluding hydrogens is 334 g/mol. The molecule has 2 aromatic heterocycles. The summed E-state index contributed by atoms with van der Waals surface area (Å²) in [5.74, 6) is 0.279. The number of carboxylic acid groups (broad SMARTS) is 1. The van der Waals surface area contributed by atoms with Crippen molar-refractivity contribution in [2.75, 3.05) is 11.9 Å². The Labute approximate surface area is 153 Å². The van der Waals surface area contributed by atoms with Crippen molar-refractivity contribution in [3.05, 3.63) is 17.3 Å². The van der Waals surface area contributed by atoms with Gasteiger partial charge in [-0.05, 0) is 25.3 Å². The van der Waals surface area contributed by atoms with Crippen LogP contribution in [-0.2, 0) is 11.2 Å². The number of aliphatic carboxylic acids is 1. The van der Waals surface area contributed by atoms with Crippen molar-refractivity contribution in [1.82, 2.24) is 9.97 Å². The van der Waals surface area contributed by atoms with Gasteiger partial charge in [-0.15, -0.1) is 11.3 Å². The molecule has 2 N–H and O–H groups in total. The largest absolute Gasteiger partial charge is 0.481 e. The SMILES string of the molecule is CCc1cc2c(NCCCCCCCCCCC(=O)O)ncnc2s1. The maximum absolute atomic E-state index is 10.4. The number of fused-ring (bicyclic) bond motifs is 1. The van der Waals surface area contributed by atoms with E-state index in [4.69, 9.17) is 5.11 Å². The second-order valence-corrected chi connectivity index (χ2v) is 7.52. The summed E-state index contributed by atoms with van der Waals surface area (Å²) in [5, 5.41) is 13.2. The summed E-state index contributed by atoms with van der Waals surface area (Å²) in [7, 11) is 0. The molecule has 0 aromatic carbocycles. The lowest BCUT2D eigenvalue weighted by Crippen LogP contribution is -2.03. The Morgan fingerprint density at radius 2 is 1.76 bits per heavy atom. The van der Waals surface area contributed by atoms with Gasteiger partial charge < -0.3 is 10.4 Å². The molecular formula is C19H29N3O2S. The van der Waals surface area contributed by atoms with Crippen molar-refractivity contribution in [3.8, 4) is 0 Å². The Morgan fingerprint density at radius 1 is 1.08 bits per heavy atom. The minimum absolute atomic E-state index is 0.311. The first-order chi connectivity index (χ1) is 12.2. The van der Waals surface area contributed by atoms with Gasteiger partial charge in [0.25, 0.3) is 0 Å². The maximum atomic E-state index is 10.4. The third-order valence-electron chi connectivity index (χ3n) is 4.34. The zero-order chi connectivity index (χ0) is 17.9. The number of hydrogen-bond acceptors (Lipinski definition) is 5. The van der Waals surface area contributed by atoms with E-state index in [-0.39, 0.29) is 0 Å². The number of nitrogens with zero attached hydrogens (tertiary/aromatic N) is 2. The Bertz CT molecular complexity index is 657. The van der Waals surface area contributed by atoms with Crippen LogP contribution < -0.4 is 5.32 Å². The van der Waals surface area contributed by atoms with E-state index >= 15 is 0 Å². The average molecular weight is 364 g/mol. The van der Waals surface area contributed by atoms with Crippen LogP contribution in [0.2, 0.25) is 0 Å². The van der Waals surface area contributed by atoms with E-state index in [2.05, 4.69) is 28.3 Å². The van der Waals surface area contributed by atoms with E-state index in [0.29, 0.717) is 6.42 Å². The third kappa shape index (κ3) is 6.98. The maximum Gasteiger partial charge on any atom is 0.303 e. The van der Waals surface area contributed by atoms with Crippen LogP contribution in [0.25, 0.3) is 10.2 Å². The second-order valence-electron chi connectivity index (χ2n) is 6.41. The second kappa shape index (κ2) is 11.0. The molecule has 0 aliphatic heterocycles. The summed E-state index contributed by atoms with van der Waals surface area (Å²) < 4.78 is 0. The summed E-state index contributed by atoms with van der Waals surface area (Å²) in [6.45, 7) is 3.11. The summed E-state index contributed by atoms with van der Waals surface area (Å²) in [6, 6.07) is 2.20. The molecule has 2 rings (SSSR count). The Kier molecular flexibility index (Phi) is 8.66. The zero-order valence-electron chi connectivity index (χ0n) is 15.1. The van der Waals surface area contributed by atoms with Gasteiger partial charge in [-0.1, -0.05) is 45.4 Å². The van der Waals surface area contributed by atoms with Crippen LogP contribution in [0.3, 0.4) is 0 Å². The summed E-state index contributed by atoms with van der Waals surface area (Å²) in [4.78, 5) is 21.6. The van der Waals surface area contributed by atoms with Crippen LogP contribution in [0.15, 0.2) is 12.4 Å². The smallest absolute Gasteiger partial charge is 0.303 e. The number of carboxylic acids is 1. The van der Waals surface area contributed by atoms with Gasteiger partial charge in [0.05, 0.1) is 5.39 Å². The zero-order valence-corrected chi connectivity index (χ0v) is 15.9. The predicted molar refractivity (Wildman–Crippen MR) is 104 cm³/mol. The predicted octanol–water partition coefficient (Wildman–Crippen LogP) is 5.26. The lowest BCUT2D eigenvalue weighted by molar-refractivity contribution is -0.137. The molecule has 6 heteroatoms. The van der Waals surface area contributed by atoms with Crippen molar-refractivity contribution in [1.29, 1.82) is 0 Å².